The van der Waals surface area contributed by atoms with E-state index in [1.165, 1.54) is 70.6 Å². The second-order valence-electron chi connectivity index (χ2n) is 6.32. The van der Waals surface area contributed by atoms with E-state index in [1.807, 2.05) is 0 Å². The third-order valence-electron chi connectivity index (χ3n) is 4.03. The fourth-order valence-electron chi connectivity index (χ4n) is 2.64. The molecule has 1 atom stereocenters. The maximum absolute atomic E-state index is 10.8. The van der Waals surface area contributed by atoms with Crippen molar-refractivity contribution < 1.29 is 4.79 Å². The van der Waals surface area contributed by atoms with Gasteiger partial charge >= 0.3 is 0 Å². The second-order valence-corrected chi connectivity index (χ2v) is 6.32. The fraction of sp³-hybridized carbons (Fsp3) is 0.944. The van der Waals surface area contributed by atoms with Crippen LogP contribution in [-0.2, 0) is 4.79 Å². The number of rotatable bonds is 14. The lowest BCUT2D eigenvalue weighted by Gasteiger charge is -2.10. The van der Waals surface area contributed by atoms with Crippen molar-refractivity contribution >= 4 is 5.78 Å². The van der Waals surface area contributed by atoms with Crippen molar-refractivity contribution in [1.82, 2.24) is 0 Å². The number of Topliss-reactive ketones (excluding diaryl/α,β-unsaturated/α-hetero) is 1. The van der Waals surface area contributed by atoms with Crippen LogP contribution in [0.2, 0.25) is 0 Å². The van der Waals surface area contributed by atoms with Gasteiger partial charge in [0.05, 0.1) is 0 Å². The van der Waals surface area contributed by atoms with Crippen LogP contribution in [0.25, 0.3) is 0 Å². The molecule has 0 aromatic rings. The summed E-state index contributed by atoms with van der Waals surface area (Å²) in [6.45, 7) is 6.34. The SMILES string of the molecule is CCCCCCCCCCC(C)CCCCC(C)=O. The summed E-state index contributed by atoms with van der Waals surface area (Å²) in [4.78, 5) is 10.8. The molecule has 0 bridgehead atoms. The number of hydrogen-bond donors (Lipinski definition) is 0. The Kier molecular flexibility index (Phi) is 13.8. The molecule has 19 heavy (non-hydrogen) atoms. The average Bonchev–Trinajstić information content (AvgIpc) is 2.37. The average molecular weight is 268 g/mol. The van der Waals surface area contributed by atoms with Crippen LogP contribution in [0, 0.1) is 5.92 Å². The Labute approximate surface area is 121 Å². The van der Waals surface area contributed by atoms with Gasteiger partial charge < -0.3 is 4.79 Å². The summed E-state index contributed by atoms with van der Waals surface area (Å²) in [6.07, 6.45) is 17.1. The lowest BCUT2D eigenvalue weighted by molar-refractivity contribution is -0.117. The molecule has 1 heteroatoms. The van der Waals surface area contributed by atoms with Crippen LogP contribution in [-0.4, -0.2) is 5.78 Å². The largest absolute Gasteiger partial charge is 0.300 e. The minimum Gasteiger partial charge on any atom is -0.300 e. The molecule has 0 aliphatic carbocycles. The highest BCUT2D eigenvalue weighted by molar-refractivity contribution is 5.75. The number of unbranched alkanes of at least 4 members (excludes halogenated alkanes) is 8. The van der Waals surface area contributed by atoms with Gasteiger partial charge in [0.2, 0.25) is 0 Å². The Morgan fingerprint density at radius 1 is 0.789 bits per heavy atom. The van der Waals surface area contributed by atoms with Crippen LogP contribution in [0.15, 0.2) is 0 Å². The molecule has 114 valence electrons. The zero-order valence-electron chi connectivity index (χ0n) is 13.7. The van der Waals surface area contributed by atoms with Gasteiger partial charge in [0.15, 0.2) is 0 Å². The van der Waals surface area contributed by atoms with E-state index < -0.39 is 0 Å². The quantitative estimate of drug-likeness (QED) is 0.338. The van der Waals surface area contributed by atoms with Crippen LogP contribution in [0.5, 0.6) is 0 Å². The summed E-state index contributed by atoms with van der Waals surface area (Å²) in [5.74, 6) is 1.20. The van der Waals surface area contributed by atoms with E-state index in [0.29, 0.717) is 5.78 Å². The Bertz CT molecular complexity index is 198. The van der Waals surface area contributed by atoms with Crippen LogP contribution in [0.4, 0.5) is 0 Å². The summed E-state index contributed by atoms with van der Waals surface area (Å²) < 4.78 is 0. The van der Waals surface area contributed by atoms with Gasteiger partial charge in [-0.2, -0.15) is 0 Å². The van der Waals surface area contributed by atoms with Gasteiger partial charge in [-0.05, 0) is 19.3 Å². The number of hydrogen-bond acceptors (Lipinski definition) is 1. The van der Waals surface area contributed by atoms with Gasteiger partial charge in [0, 0.05) is 6.42 Å². The zero-order valence-corrected chi connectivity index (χ0v) is 13.7. The van der Waals surface area contributed by atoms with Crippen molar-refractivity contribution in [2.75, 3.05) is 0 Å². The van der Waals surface area contributed by atoms with Gasteiger partial charge in [-0.3, -0.25) is 0 Å². The summed E-state index contributed by atoms with van der Waals surface area (Å²) in [5.41, 5.74) is 0. The maximum atomic E-state index is 10.8. The zero-order chi connectivity index (χ0) is 14.3. The summed E-state index contributed by atoms with van der Waals surface area (Å²) in [5, 5.41) is 0. The predicted octanol–water partition coefficient (Wildman–Crippen LogP) is 6.30. The molecule has 0 radical (unpaired) electrons. The van der Waals surface area contributed by atoms with E-state index in [1.54, 1.807) is 6.92 Å². The van der Waals surface area contributed by atoms with Gasteiger partial charge in [-0.25, -0.2) is 0 Å². The van der Waals surface area contributed by atoms with E-state index in [-0.39, 0.29) is 0 Å². The van der Waals surface area contributed by atoms with E-state index in [0.717, 1.165) is 18.8 Å². The summed E-state index contributed by atoms with van der Waals surface area (Å²) >= 11 is 0. The monoisotopic (exact) mass is 268 g/mol. The molecular weight excluding hydrogens is 232 g/mol. The van der Waals surface area contributed by atoms with Gasteiger partial charge in [-0.15, -0.1) is 0 Å². The van der Waals surface area contributed by atoms with Crippen LogP contribution in [0.3, 0.4) is 0 Å². The first kappa shape index (κ1) is 18.7. The first-order valence-electron chi connectivity index (χ1n) is 8.66. The second kappa shape index (κ2) is 14.1. The lowest BCUT2D eigenvalue weighted by Crippen LogP contribution is -1.96. The third-order valence-corrected chi connectivity index (χ3v) is 4.03. The third kappa shape index (κ3) is 15.6. The minimum absolute atomic E-state index is 0.343. The number of carbonyl (C=O) groups is 1. The Hall–Kier alpha value is -0.330. The van der Waals surface area contributed by atoms with E-state index in [2.05, 4.69) is 13.8 Å². The summed E-state index contributed by atoms with van der Waals surface area (Å²) in [6, 6.07) is 0. The van der Waals surface area contributed by atoms with Crippen molar-refractivity contribution in [3.8, 4) is 0 Å². The first-order valence-corrected chi connectivity index (χ1v) is 8.66. The molecule has 0 heterocycles. The molecule has 0 N–H and O–H groups in total. The van der Waals surface area contributed by atoms with Gasteiger partial charge in [0.1, 0.15) is 5.78 Å². The molecule has 1 nitrogen and oxygen atoms in total. The topological polar surface area (TPSA) is 17.1 Å². The van der Waals surface area contributed by atoms with Gasteiger partial charge in [0.25, 0.3) is 0 Å². The molecule has 0 aromatic heterocycles. The molecule has 0 aromatic carbocycles. The fourth-order valence-corrected chi connectivity index (χ4v) is 2.64. The minimum atomic E-state index is 0.343. The van der Waals surface area contributed by atoms with Crippen LogP contribution in [0.1, 0.15) is 104 Å². The van der Waals surface area contributed by atoms with Crippen molar-refractivity contribution in [2.45, 2.75) is 104 Å². The van der Waals surface area contributed by atoms with Crippen LogP contribution < -0.4 is 0 Å². The molecule has 0 saturated heterocycles. The highest BCUT2D eigenvalue weighted by Crippen LogP contribution is 2.17. The number of carbonyl (C=O) groups excluding carboxylic acids is 1. The lowest BCUT2D eigenvalue weighted by atomic mass is 9.96. The molecule has 0 saturated carbocycles. The Morgan fingerprint density at radius 2 is 1.26 bits per heavy atom. The number of ketones is 1. The van der Waals surface area contributed by atoms with E-state index in [4.69, 9.17) is 0 Å². The Balaban J connectivity index is 3.15. The molecule has 0 amide bonds. The molecule has 0 fully saturated rings. The molecule has 0 aliphatic rings. The highest BCUT2D eigenvalue weighted by Gasteiger charge is 2.02. The molecule has 0 spiro atoms. The normalized spacial score (nSPS) is 12.6. The van der Waals surface area contributed by atoms with E-state index >= 15 is 0 Å². The molecule has 0 aliphatic heterocycles. The van der Waals surface area contributed by atoms with Crippen LogP contribution >= 0.6 is 0 Å². The smallest absolute Gasteiger partial charge is 0.129 e. The molecule has 1 unspecified atom stereocenters. The summed E-state index contributed by atoms with van der Waals surface area (Å²) in [7, 11) is 0. The predicted molar refractivity (Wildman–Crippen MR) is 85.5 cm³/mol. The van der Waals surface area contributed by atoms with Crippen molar-refractivity contribution in [2.24, 2.45) is 5.92 Å². The standard InChI is InChI=1S/C18H36O/c1-4-5-6-7-8-9-10-11-14-17(2)15-12-13-16-18(3)19/h17H,4-16H2,1-3H3. The van der Waals surface area contributed by atoms with Crippen molar-refractivity contribution in [3.05, 3.63) is 0 Å². The highest BCUT2D eigenvalue weighted by atomic mass is 16.1. The molecular formula is C18H36O. The first-order chi connectivity index (χ1) is 9.16. The van der Waals surface area contributed by atoms with Gasteiger partial charge in [-0.1, -0.05) is 84.5 Å². The Morgan fingerprint density at radius 3 is 1.79 bits per heavy atom. The maximum Gasteiger partial charge on any atom is 0.129 e. The van der Waals surface area contributed by atoms with Crippen molar-refractivity contribution in [1.29, 1.82) is 0 Å². The van der Waals surface area contributed by atoms with Crippen molar-refractivity contribution in [3.63, 3.8) is 0 Å². The molecule has 0 rings (SSSR count). The van der Waals surface area contributed by atoms with E-state index in [9.17, 15) is 4.79 Å².